The number of hydrazine groups is 1. The van der Waals surface area contributed by atoms with Crippen LogP contribution >= 0.6 is 0 Å². The van der Waals surface area contributed by atoms with Gasteiger partial charge in [-0.3, -0.25) is 20.1 Å². The number of para-hydroxylation sites is 1. The number of fused-ring (bicyclic) bond motifs is 1. The molecule has 7 nitrogen and oxygen atoms in total. The summed E-state index contributed by atoms with van der Waals surface area (Å²) < 4.78 is 16.6. The zero-order valence-electron chi connectivity index (χ0n) is 16.3. The molecule has 2 aromatic carbocycles. The highest BCUT2D eigenvalue weighted by molar-refractivity contribution is 5.85. The molecule has 0 saturated carbocycles. The van der Waals surface area contributed by atoms with Crippen molar-refractivity contribution in [3.63, 3.8) is 0 Å². The number of benzene rings is 2. The molecule has 2 aromatic rings. The van der Waals surface area contributed by atoms with Crippen molar-refractivity contribution in [2.75, 3.05) is 32.9 Å². The van der Waals surface area contributed by atoms with Crippen molar-refractivity contribution in [1.82, 2.24) is 10.3 Å². The predicted molar refractivity (Wildman–Crippen MR) is 106 cm³/mol. The van der Waals surface area contributed by atoms with E-state index in [1.165, 1.54) is 0 Å². The van der Waals surface area contributed by atoms with Gasteiger partial charge in [-0.1, -0.05) is 18.2 Å². The molecule has 1 unspecified atom stereocenters. The first-order valence-corrected chi connectivity index (χ1v) is 9.38. The Morgan fingerprint density at radius 3 is 2.29 bits per heavy atom. The average Bonchev–Trinajstić information content (AvgIpc) is 3.23. The van der Waals surface area contributed by atoms with Gasteiger partial charge in [-0.25, -0.2) is 0 Å². The molecule has 2 atom stereocenters. The Labute approximate surface area is 164 Å². The van der Waals surface area contributed by atoms with Crippen LogP contribution in [0.2, 0.25) is 0 Å². The molecule has 4 rings (SSSR count). The van der Waals surface area contributed by atoms with E-state index in [1.54, 1.807) is 21.3 Å². The summed E-state index contributed by atoms with van der Waals surface area (Å²) >= 11 is 0. The molecular formula is C21H25N3O4. The number of nitrogens with one attached hydrogen (secondary N) is 1. The molecule has 148 valence electrons. The van der Waals surface area contributed by atoms with Gasteiger partial charge in [0.15, 0.2) is 11.5 Å². The molecule has 28 heavy (non-hydrogen) atoms. The molecule has 0 bridgehead atoms. The fraction of sp³-hybridized carbons (Fsp3) is 0.381. The second-order valence-electron chi connectivity index (χ2n) is 6.91. The quantitative estimate of drug-likeness (QED) is 0.857. The zero-order chi connectivity index (χ0) is 19.7. The molecule has 2 aliphatic rings. The highest BCUT2D eigenvalue weighted by atomic mass is 16.5. The minimum Gasteiger partial charge on any atom is -0.493 e. The van der Waals surface area contributed by atoms with Crippen LogP contribution in [0, 0.1) is 0 Å². The van der Waals surface area contributed by atoms with Gasteiger partial charge in [0.2, 0.25) is 5.75 Å². The van der Waals surface area contributed by atoms with Crippen LogP contribution in [0.1, 0.15) is 24.6 Å². The number of hydrogen-bond donors (Lipinski definition) is 1. The van der Waals surface area contributed by atoms with Crippen LogP contribution in [0.3, 0.4) is 0 Å². The molecule has 1 amide bonds. The summed E-state index contributed by atoms with van der Waals surface area (Å²) in [5, 5.41) is 1.92. The third-order valence-corrected chi connectivity index (χ3v) is 5.41. The van der Waals surface area contributed by atoms with Gasteiger partial charge in [0.1, 0.15) is 6.17 Å². The number of methoxy groups -OCH3 is 3. The van der Waals surface area contributed by atoms with Crippen molar-refractivity contribution in [3.8, 4) is 17.2 Å². The lowest BCUT2D eigenvalue weighted by Gasteiger charge is -2.46. The molecule has 0 aromatic heterocycles. The minimum absolute atomic E-state index is 0.0324. The first-order chi connectivity index (χ1) is 13.7. The third-order valence-electron chi connectivity index (χ3n) is 5.41. The van der Waals surface area contributed by atoms with Gasteiger partial charge in [-0.05, 0) is 42.7 Å². The SMILES string of the molecule is COc1cc(C2N(c3ccccc3)NC(=O)[C@@H]3CCCN23)cc(OC)c1OC. The van der Waals surface area contributed by atoms with Gasteiger partial charge in [0.05, 0.1) is 33.1 Å². The Kier molecular flexibility index (Phi) is 5.00. The van der Waals surface area contributed by atoms with Crippen LogP contribution in [0.25, 0.3) is 0 Å². The Morgan fingerprint density at radius 2 is 1.68 bits per heavy atom. The van der Waals surface area contributed by atoms with E-state index in [4.69, 9.17) is 14.2 Å². The van der Waals surface area contributed by atoms with E-state index in [-0.39, 0.29) is 18.1 Å². The molecule has 1 N–H and O–H groups in total. The number of nitrogens with zero attached hydrogens (tertiary/aromatic N) is 2. The number of carbonyl (C=O) groups excluding carboxylic acids is 1. The number of anilines is 1. The van der Waals surface area contributed by atoms with E-state index < -0.39 is 0 Å². The fourth-order valence-corrected chi connectivity index (χ4v) is 4.15. The van der Waals surface area contributed by atoms with E-state index in [1.807, 2.05) is 47.5 Å². The van der Waals surface area contributed by atoms with Gasteiger partial charge < -0.3 is 14.2 Å². The Bertz CT molecular complexity index is 833. The Hall–Kier alpha value is -2.93. The van der Waals surface area contributed by atoms with Crippen LogP contribution in [0.4, 0.5) is 5.69 Å². The topological polar surface area (TPSA) is 63.3 Å². The summed E-state index contributed by atoms with van der Waals surface area (Å²) in [7, 11) is 4.81. The fourth-order valence-electron chi connectivity index (χ4n) is 4.15. The van der Waals surface area contributed by atoms with Crippen LogP contribution in [0.5, 0.6) is 17.2 Å². The van der Waals surface area contributed by atoms with Crippen LogP contribution in [-0.2, 0) is 4.79 Å². The lowest BCUT2D eigenvalue weighted by atomic mass is 10.1. The van der Waals surface area contributed by atoms with Crippen LogP contribution in [0.15, 0.2) is 42.5 Å². The maximum atomic E-state index is 12.7. The van der Waals surface area contributed by atoms with E-state index in [2.05, 4.69) is 10.3 Å². The maximum Gasteiger partial charge on any atom is 0.255 e. The van der Waals surface area contributed by atoms with Gasteiger partial charge in [-0.2, -0.15) is 0 Å². The minimum atomic E-state index is -0.179. The van der Waals surface area contributed by atoms with Gasteiger partial charge in [-0.15, -0.1) is 0 Å². The monoisotopic (exact) mass is 383 g/mol. The smallest absolute Gasteiger partial charge is 0.255 e. The van der Waals surface area contributed by atoms with Crippen LogP contribution < -0.4 is 24.6 Å². The molecule has 2 heterocycles. The number of ether oxygens (including phenoxy) is 3. The lowest BCUT2D eigenvalue weighted by Crippen LogP contribution is -2.62. The highest BCUT2D eigenvalue weighted by Crippen LogP contribution is 2.44. The van der Waals surface area contributed by atoms with Gasteiger partial charge in [0.25, 0.3) is 5.91 Å². The Morgan fingerprint density at radius 1 is 1.00 bits per heavy atom. The maximum absolute atomic E-state index is 12.7. The molecule has 7 heteroatoms. The highest BCUT2D eigenvalue weighted by Gasteiger charge is 2.44. The largest absolute Gasteiger partial charge is 0.493 e. The summed E-state index contributed by atoms with van der Waals surface area (Å²) in [6, 6.07) is 13.6. The molecular weight excluding hydrogens is 358 g/mol. The second kappa shape index (κ2) is 7.59. The number of rotatable bonds is 5. The van der Waals surface area contributed by atoms with Crippen molar-refractivity contribution in [2.45, 2.75) is 25.0 Å². The van der Waals surface area contributed by atoms with Crippen molar-refractivity contribution in [2.24, 2.45) is 0 Å². The van der Waals surface area contributed by atoms with Crippen molar-refractivity contribution in [1.29, 1.82) is 0 Å². The lowest BCUT2D eigenvalue weighted by molar-refractivity contribution is -0.130. The van der Waals surface area contributed by atoms with Crippen LogP contribution in [-0.4, -0.2) is 44.7 Å². The summed E-state index contributed by atoms with van der Waals surface area (Å²) in [6.45, 7) is 0.850. The molecule has 0 aliphatic carbocycles. The van der Waals surface area contributed by atoms with Gasteiger partial charge in [0, 0.05) is 6.54 Å². The molecule has 2 saturated heterocycles. The number of carbonyl (C=O) groups is 1. The van der Waals surface area contributed by atoms with Crippen molar-refractivity contribution in [3.05, 3.63) is 48.0 Å². The molecule has 0 radical (unpaired) electrons. The zero-order valence-corrected chi connectivity index (χ0v) is 16.3. The summed E-state index contributed by atoms with van der Waals surface area (Å²) in [5.41, 5.74) is 4.98. The normalized spacial score (nSPS) is 21.8. The third kappa shape index (κ3) is 3.01. The first kappa shape index (κ1) is 18.4. The van der Waals surface area contributed by atoms with E-state index in [9.17, 15) is 4.79 Å². The second-order valence-corrected chi connectivity index (χ2v) is 6.91. The van der Waals surface area contributed by atoms with Crippen molar-refractivity contribution >= 4 is 11.6 Å². The molecule has 0 spiro atoms. The molecule has 2 aliphatic heterocycles. The predicted octanol–water partition coefficient (Wildman–Crippen LogP) is 2.73. The van der Waals surface area contributed by atoms with E-state index >= 15 is 0 Å². The van der Waals surface area contributed by atoms with Gasteiger partial charge >= 0.3 is 0 Å². The summed E-state index contributed by atoms with van der Waals surface area (Å²) in [5.74, 6) is 1.78. The van der Waals surface area contributed by atoms with E-state index in [0.717, 1.165) is 30.6 Å². The standard InChI is InChI=1S/C21H25N3O4/c1-26-17-12-14(13-18(27-2)19(17)28-3)21-23-11-7-10-16(23)20(25)22-24(21)15-8-5-4-6-9-15/h4-6,8-9,12-13,16,21H,7,10-11H2,1-3H3,(H,22,25)/t16-,21?/m0/s1. The van der Waals surface area contributed by atoms with Crippen molar-refractivity contribution < 1.29 is 19.0 Å². The summed E-state index contributed by atoms with van der Waals surface area (Å²) in [6.07, 6.45) is 1.66. The summed E-state index contributed by atoms with van der Waals surface area (Å²) in [4.78, 5) is 15.0. The number of amides is 1. The molecule has 2 fully saturated rings. The number of hydrogen-bond acceptors (Lipinski definition) is 6. The van der Waals surface area contributed by atoms with E-state index in [0.29, 0.717) is 17.2 Å². The first-order valence-electron chi connectivity index (χ1n) is 9.38. The average molecular weight is 383 g/mol. The Balaban J connectivity index is 1.85.